The molecule has 0 fully saturated rings. The first-order valence-electron chi connectivity index (χ1n) is 5.22. The van der Waals surface area contributed by atoms with Crippen LogP contribution in [0.3, 0.4) is 0 Å². The molecule has 0 saturated carbocycles. The normalized spacial score (nSPS) is 9.25. The summed E-state index contributed by atoms with van der Waals surface area (Å²) in [6, 6.07) is 8.74. The second-order valence-corrected chi connectivity index (χ2v) is 3.70. The van der Waals surface area contributed by atoms with Crippen molar-refractivity contribution < 1.29 is 15.0 Å². The lowest BCUT2D eigenvalue weighted by Gasteiger charge is -1.96. The Labute approximate surface area is 95.9 Å². The minimum absolute atomic E-state index is 0.331. The van der Waals surface area contributed by atoms with E-state index in [9.17, 15) is 4.79 Å². The molecule has 4 heteroatoms. The Hall–Kier alpha value is -1.55. The highest BCUT2D eigenvalue weighted by molar-refractivity contribution is 5.82. The summed E-state index contributed by atoms with van der Waals surface area (Å²) in [6.07, 6.45) is -0.105. The highest BCUT2D eigenvalue weighted by Gasteiger charge is 1.93. The molecule has 1 amide bonds. The van der Waals surface area contributed by atoms with Crippen LogP contribution >= 0.6 is 0 Å². The van der Waals surface area contributed by atoms with Gasteiger partial charge in [0.15, 0.2) is 0 Å². The molecule has 3 N–H and O–H groups in total. The zero-order valence-electron chi connectivity index (χ0n) is 9.68. The van der Waals surface area contributed by atoms with Gasteiger partial charge >= 0.3 is 6.09 Å². The van der Waals surface area contributed by atoms with Gasteiger partial charge in [0.2, 0.25) is 0 Å². The van der Waals surface area contributed by atoms with Gasteiger partial charge in [-0.1, -0.05) is 32.0 Å². The summed E-state index contributed by atoms with van der Waals surface area (Å²) in [5.41, 5.74) is 0.593. The molecule has 0 unspecified atom stereocenters. The summed E-state index contributed by atoms with van der Waals surface area (Å²) in [4.78, 5) is 10.1. The van der Waals surface area contributed by atoms with Gasteiger partial charge in [-0.15, -0.1) is 0 Å². The molecule has 0 aromatic heterocycles. The first kappa shape index (κ1) is 14.5. The third kappa shape index (κ3) is 9.02. The molecular formula is C12H19NO3. The smallest absolute Gasteiger partial charge is 0.409 e. The molecule has 0 aliphatic carbocycles. The van der Waals surface area contributed by atoms with Crippen molar-refractivity contribution in [2.75, 3.05) is 11.9 Å². The van der Waals surface area contributed by atoms with E-state index in [4.69, 9.17) is 10.2 Å². The molecular weight excluding hydrogens is 206 g/mol. The number of benzene rings is 1. The van der Waals surface area contributed by atoms with Crippen molar-refractivity contribution in [1.29, 1.82) is 0 Å². The number of carbonyl (C=O) groups is 1. The summed E-state index contributed by atoms with van der Waals surface area (Å²) < 4.78 is 0. The molecule has 0 saturated heterocycles. The quantitative estimate of drug-likeness (QED) is 0.740. The largest absolute Gasteiger partial charge is 0.465 e. The summed E-state index contributed by atoms with van der Waals surface area (Å²) >= 11 is 0. The summed E-state index contributed by atoms with van der Waals surface area (Å²) in [6.45, 7) is 4.52. The second-order valence-electron chi connectivity index (χ2n) is 3.70. The van der Waals surface area contributed by atoms with E-state index in [1.54, 1.807) is 24.3 Å². The maximum absolute atomic E-state index is 10.1. The molecule has 0 aliphatic heterocycles. The Morgan fingerprint density at radius 1 is 1.31 bits per heavy atom. The second kappa shape index (κ2) is 8.73. The van der Waals surface area contributed by atoms with Crippen molar-refractivity contribution in [3.63, 3.8) is 0 Å². The molecule has 0 aliphatic rings. The third-order valence-corrected chi connectivity index (χ3v) is 1.73. The highest BCUT2D eigenvalue weighted by atomic mass is 16.4. The number of amides is 1. The molecule has 0 radical (unpaired) electrons. The molecule has 0 atom stereocenters. The molecule has 0 spiro atoms. The maximum Gasteiger partial charge on any atom is 0.409 e. The van der Waals surface area contributed by atoms with Gasteiger partial charge in [-0.3, -0.25) is 5.32 Å². The van der Waals surface area contributed by atoms with Crippen molar-refractivity contribution in [3.05, 3.63) is 30.3 Å². The predicted molar refractivity (Wildman–Crippen MR) is 64.6 cm³/mol. The van der Waals surface area contributed by atoms with Gasteiger partial charge in [-0.05, 0) is 24.5 Å². The van der Waals surface area contributed by atoms with Gasteiger partial charge in [0.1, 0.15) is 0 Å². The number of aliphatic hydroxyl groups excluding tert-OH is 1. The van der Waals surface area contributed by atoms with E-state index in [2.05, 4.69) is 19.2 Å². The summed E-state index contributed by atoms with van der Waals surface area (Å²) in [5, 5.41) is 18.7. The minimum Gasteiger partial charge on any atom is -0.465 e. The SMILES string of the molecule is CC(C)CCO.O=C(O)Nc1ccccc1. The molecule has 4 nitrogen and oxygen atoms in total. The minimum atomic E-state index is -1.04. The number of nitrogens with one attached hydrogen (secondary N) is 1. The van der Waals surface area contributed by atoms with E-state index in [0.717, 1.165) is 6.42 Å². The lowest BCUT2D eigenvalue weighted by atomic mass is 10.2. The van der Waals surface area contributed by atoms with Crippen LogP contribution in [0.2, 0.25) is 0 Å². The number of carboxylic acid groups (broad SMARTS) is 1. The van der Waals surface area contributed by atoms with Crippen LogP contribution in [-0.4, -0.2) is 22.9 Å². The number of rotatable bonds is 3. The van der Waals surface area contributed by atoms with E-state index >= 15 is 0 Å². The van der Waals surface area contributed by atoms with Crippen LogP contribution in [-0.2, 0) is 0 Å². The topological polar surface area (TPSA) is 69.6 Å². The summed E-state index contributed by atoms with van der Waals surface area (Å²) in [7, 11) is 0. The number of hydrogen-bond acceptors (Lipinski definition) is 2. The fourth-order valence-corrected chi connectivity index (χ4v) is 0.903. The average Bonchev–Trinajstić information content (AvgIpc) is 2.18. The van der Waals surface area contributed by atoms with Gasteiger partial charge < -0.3 is 10.2 Å². The Morgan fingerprint density at radius 2 is 1.88 bits per heavy atom. The maximum atomic E-state index is 10.1. The zero-order chi connectivity index (χ0) is 12.4. The Morgan fingerprint density at radius 3 is 2.19 bits per heavy atom. The van der Waals surface area contributed by atoms with Crippen molar-refractivity contribution in [3.8, 4) is 0 Å². The van der Waals surface area contributed by atoms with Gasteiger partial charge in [-0.2, -0.15) is 0 Å². The molecule has 90 valence electrons. The fraction of sp³-hybridized carbons (Fsp3) is 0.417. The van der Waals surface area contributed by atoms with E-state index in [0.29, 0.717) is 18.2 Å². The van der Waals surface area contributed by atoms with E-state index in [1.165, 1.54) is 0 Å². The van der Waals surface area contributed by atoms with E-state index < -0.39 is 6.09 Å². The van der Waals surface area contributed by atoms with Crippen molar-refractivity contribution >= 4 is 11.8 Å². The molecule has 1 aromatic rings. The van der Waals surface area contributed by atoms with Crippen LogP contribution < -0.4 is 5.32 Å². The van der Waals surface area contributed by atoms with Crippen LogP contribution in [0.15, 0.2) is 30.3 Å². The lowest BCUT2D eigenvalue weighted by molar-refractivity contribution is 0.209. The van der Waals surface area contributed by atoms with Crippen molar-refractivity contribution in [2.24, 2.45) is 5.92 Å². The third-order valence-electron chi connectivity index (χ3n) is 1.73. The Kier molecular flexibility index (Phi) is 7.89. The van der Waals surface area contributed by atoms with Crippen LogP contribution in [0.1, 0.15) is 20.3 Å². The van der Waals surface area contributed by atoms with Gasteiger partial charge in [0.25, 0.3) is 0 Å². The van der Waals surface area contributed by atoms with Gasteiger partial charge in [0, 0.05) is 12.3 Å². The monoisotopic (exact) mass is 225 g/mol. The average molecular weight is 225 g/mol. The van der Waals surface area contributed by atoms with Crippen LogP contribution in [0.4, 0.5) is 10.5 Å². The Balaban J connectivity index is 0.000000325. The first-order valence-corrected chi connectivity index (χ1v) is 5.22. The van der Waals surface area contributed by atoms with Crippen LogP contribution in [0.25, 0.3) is 0 Å². The molecule has 16 heavy (non-hydrogen) atoms. The lowest BCUT2D eigenvalue weighted by Crippen LogP contribution is -2.06. The van der Waals surface area contributed by atoms with Crippen LogP contribution in [0, 0.1) is 5.92 Å². The number of hydrogen-bond donors (Lipinski definition) is 3. The standard InChI is InChI=1S/C7H7NO2.C5H12O/c9-7(10)8-6-4-2-1-3-5-6;1-5(2)3-4-6/h1-5,8H,(H,9,10);5-6H,3-4H2,1-2H3. The van der Waals surface area contributed by atoms with Crippen molar-refractivity contribution in [1.82, 2.24) is 0 Å². The van der Waals surface area contributed by atoms with Gasteiger partial charge in [0.05, 0.1) is 0 Å². The number of para-hydroxylation sites is 1. The summed E-state index contributed by atoms with van der Waals surface area (Å²) in [5.74, 6) is 0.648. The zero-order valence-corrected chi connectivity index (χ0v) is 9.68. The van der Waals surface area contributed by atoms with E-state index in [1.807, 2.05) is 6.07 Å². The fourth-order valence-electron chi connectivity index (χ4n) is 0.903. The van der Waals surface area contributed by atoms with E-state index in [-0.39, 0.29) is 0 Å². The van der Waals surface area contributed by atoms with Crippen molar-refractivity contribution in [2.45, 2.75) is 20.3 Å². The predicted octanol–water partition coefficient (Wildman–Crippen LogP) is 2.80. The number of aliphatic hydroxyl groups is 1. The Bertz CT molecular complexity index is 286. The molecule has 1 aromatic carbocycles. The first-order chi connectivity index (χ1) is 7.56. The highest BCUT2D eigenvalue weighted by Crippen LogP contribution is 2.03. The van der Waals surface area contributed by atoms with Gasteiger partial charge in [-0.25, -0.2) is 4.79 Å². The van der Waals surface area contributed by atoms with Crippen LogP contribution in [0.5, 0.6) is 0 Å². The molecule has 0 bridgehead atoms. The number of anilines is 1. The molecule has 1 rings (SSSR count). The molecule has 0 heterocycles.